The number of cyclic esters (lactones) is 1. The Balaban J connectivity index is 1.71. The highest BCUT2D eigenvalue weighted by atomic mass is 32.2. The van der Waals surface area contributed by atoms with Gasteiger partial charge in [0.15, 0.2) is 0 Å². The molecule has 2 aromatic rings. The average Bonchev–Trinajstić information content (AvgIpc) is 3.54. The number of rotatable bonds is 6. The van der Waals surface area contributed by atoms with Crippen LogP contribution in [-0.4, -0.2) is 57.0 Å². The molecule has 2 amide bonds. The maximum absolute atomic E-state index is 13.4. The van der Waals surface area contributed by atoms with Crippen LogP contribution in [0.4, 0.5) is 0 Å². The van der Waals surface area contributed by atoms with Crippen LogP contribution in [0.5, 0.6) is 0 Å². The van der Waals surface area contributed by atoms with Crippen molar-refractivity contribution in [3.63, 3.8) is 0 Å². The second-order valence-electron chi connectivity index (χ2n) is 10.2. The van der Waals surface area contributed by atoms with Crippen LogP contribution in [-0.2, 0) is 25.5 Å². The quantitative estimate of drug-likeness (QED) is 0.267. The molecule has 8 nitrogen and oxygen atoms in total. The van der Waals surface area contributed by atoms with Gasteiger partial charge in [0, 0.05) is 11.1 Å². The van der Waals surface area contributed by atoms with Gasteiger partial charge in [-0.3, -0.25) is 14.6 Å². The number of hydrogen-bond acceptors (Lipinski definition) is 9. The zero-order valence-electron chi connectivity index (χ0n) is 22.3. The molecule has 39 heavy (non-hydrogen) atoms. The Morgan fingerprint density at radius 3 is 2.69 bits per heavy atom. The number of carbonyl (C=O) groups excluding carboxylic acids is 3. The number of amides is 2. The molecule has 4 bridgehead atoms. The van der Waals surface area contributed by atoms with E-state index >= 15 is 0 Å². The van der Waals surface area contributed by atoms with Crippen molar-refractivity contribution in [2.45, 2.75) is 63.8 Å². The van der Waals surface area contributed by atoms with E-state index in [0.717, 1.165) is 10.6 Å². The van der Waals surface area contributed by atoms with E-state index in [2.05, 4.69) is 23.3 Å². The number of ether oxygens (including phenoxy) is 1. The zero-order valence-corrected chi connectivity index (χ0v) is 24.8. The van der Waals surface area contributed by atoms with Gasteiger partial charge in [-0.25, -0.2) is 9.78 Å². The number of carbonyl (C=O) groups is 3. The van der Waals surface area contributed by atoms with Gasteiger partial charge < -0.3 is 15.4 Å². The second kappa shape index (κ2) is 13.1. The van der Waals surface area contributed by atoms with Crippen molar-refractivity contribution >= 4 is 58.6 Å². The largest absolute Gasteiger partial charge is 0.456 e. The van der Waals surface area contributed by atoms with Crippen LogP contribution in [0.15, 0.2) is 52.9 Å². The predicted octanol–water partition coefficient (Wildman–Crippen LogP) is 4.13. The fourth-order valence-electron chi connectivity index (χ4n) is 4.27. The summed E-state index contributed by atoms with van der Waals surface area (Å²) in [6.07, 6.45) is 3.93. The van der Waals surface area contributed by atoms with Crippen LogP contribution in [0.1, 0.15) is 55.9 Å². The average molecular weight is 587 g/mol. The van der Waals surface area contributed by atoms with E-state index in [1.807, 2.05) is 55.6 Å². The maximum atomic E-state index is 13.4. The summed E-state index contributed by atoms with van der Waals surface area (Å²) < 4.78 is 5.80. The molecule has 4 rings (SSSR count). The lowest BCUT2D eigenvalue weighted by Gasteiger charge is -2.27. The number of esters is 1. The summed E-state index contributed by atoms with van der Waals surface area (Å²) in [6.45, 7) is 5.45. The molecule has 3 heterocycles. The van der Waals surface area contributed by atoms with Crippen LogP contribution in [0.25, 0.3) is 0 Å². The third kappa shape index (κ3) is 7.52. The lowest BCUT2D eigenvalue weighted by molar-refractivity contribution is -0.153. The van der Waals surface area contributed by atoms with Gasteiger partial charge in [-0.1, -0.05) is 50.3 Å². The molecule has 1 aromatic carbocycles. The zero-order chi connectivity index (χ0) is 28.0. The summed E-state index contributed by atoms with van der Waals surface area (Å²) in [5, 5.41) is 9.32. The molecule has 0 spiro atoms. The lowest BCUT2D eigenvalue weighted by atomic mass is 10.0. The topological polar surface area (TPSA) is 110 Å². The Labute approximate surface area is 242 Å². The van der Waals surface area contributed by atoms with E-state index in [-0.39, 0.29) is 30.2 Å². The molecule has 0 aliphatic carbocycles. The number of hydrogen-bond donors (Lipinski definition) is 3. The van der Waals surface area contributed by atoms with Gasteiger partial charge in [-0.05, 0) is 43.1 Å². The highest BCUT2D eigenvalue weighted by Gasteiger charge is 2.42. The van der Waals surface area contributed by atoms with E-state index in [0.29, 0.717) is 35.1 Å². The van der Waals surface area contributed by atoms with Gasteiger partial charge in [0.1, 0.15) is 33.4 Å². The number of thiazole rings is 1. The van der Waals surface area contributed by atoms with E-state index in [4.69, 9.17) is 14.7 Å². The smallest absolute Gasteiger partial charge is 0.329 e. The van der Waals surface area contributed by atoms with Gasteiger partial charge in [0.05, 0.1) is 12.5 Å². The molecule has 0 unspecified atom stereocenters. The molecule has 208 valence electrons. The molecule has 2 N–H and O–H groups in total. The fraction of sp³-hybridized carbons (Fsp3) is 0.464. The number of benzene rings is 1. The van der Waals surface area contributed by atoms with Crippen LogP contribution in [0.3, 0.4) is 0 Å². The Hall–Kier alpha value is -2.63. The third-order valence-electron chi connectivity index (χ3n) is 6.49. The number of nitrogens with zero attached hydrogens (tertiary/aromatic N) is 2. The Kier molecular flexibility index (Phi) is 9.90. The minimum absolute atomic E-state index is 0.0582. The number of nitrogens with one attached hydrogen (secondary N) is 2. The first-order valence-corrected chi connectivity index (χ1v) is 15.5. The van der Waals surface area contributed by atoms with E-state index in [1.54, 1.807) is 13.0 Å². The Morgan fingerprint density at radius 2 is 1.97 bits per heavy atom. The normalized spacial score (nSPS) is 26.3. The molecule has 1 aromatic heterocycles. The van der Waals surface area contributed by atoms with E-state index in [1.165, 1.54) is 23.1 Å². The predicted molar refractivity (Wildman–Crippen MR) is 159 cm³/mol. The number of aliphatic imine (C=N–C) groups is 1. The molecule has 11 heteroatoms. The van der Waals surface area contributed by atoms with Crippen molar-refractivity contribution in [3.8, 4) is 0 Å². The fourth-order valence-corrected chi connectivity index (χ4v) is 6.48. The number of aromatic nitrogens is 1. The summed E-state index contributed by atoms with van der Waals surface area (Å²) >= 11 is 7.15. The SMILES string of the molecule is CC(C)[C@H]1NC(=O)[C@]2(C)CSC(=N2)c2csc(n2)[C@@H](Cc2ccccc2)NC(=O)C[C@@H](/C=C/CCS)OC1=O. The molecule has 2 aliphatic rings. The van der Waals surface area contributed by atoms with Crippen molar-refractivity contribution in [2.75, 3.05) is 11.5 Å². The molecule has 0 radical (unpaired) electrons. The van der Waals surface area contributed by atoms with E-state index in [9.17, 15) is 14.4 Å². The van der Waals surface area contributed by atoms with Crippen molar-refractivity contribution in [2.24, 2.45) is 10.9 Å². The highest BCUT2D eigenvalue weighted by Crippen LogP contribution is 2.33. The second-order valence-corrected chi connectivity index (χ2v) is 12.5. The van der Waals surface area contributed by atoms with Crippen molar-refractivity contribution in [1.29, 1.82) is 0 Å². The van der Waals surface area contributed by atoms with Gasteiger partial charge in [-0.2, -0.15) is 12.6 Å². The van der Waals surface area contributed by atoms with Crippen LogP contribution in [0.2, 0.25) is 0 Å². The highest BCUT2D eigenvalue weighted by molar-refractivity contribution is 8.14. The van der Waals surface area contributed by atoms with Crippen LogP contribution in [0, 0.1) is 5.92 Å². The molecular weight excluding hydrogens is 553 g/mol. The first-order chi connectivity index (χ1) is 18.7. The monoisotopic (exact) mass is 586 g/mol. The molecular formula is C28H34N4O4S3. The van der Waals surface area contributed by atoms with Gasteiger partial charge >= 0.3 is 5.97 Å². The molecule has 2 aliphatic heterocycles. The summed E-state index contributed by atoms with van der Waals surface area (Å²) in [5.41, 5.74) is 0.697. The lowest BCUT2D eigenvalue weighted by Crippen LogP contribution is -2.53. The molecule has 0 fully saturated rings. The summed E-state index contributed by atoms with van der Waals surface area (Å²) in [6, 6.07) is 8.63. The van der Waals surface area contributed by atoms with Crippen molar-refractivity contribution in [1.82, 2.24) is 15.6 Å². The first kappa shape index (κ1) is 29.4. The maximum Gasteiger partial charge on any atom is 0.329 e. The third-order valence-corrected chi connectivity index (χ3v) is 8.99. The standard InChI is InChI=1S/C28H34N4O4S3/c1-17(2)23-26(34)36-19(11-7-8-12-37)14-22(33)29-20(13-18-9-5-4-6-10-18)24-30-21(15-38-24)25-32-28(3,16-39-25)27(35)31-23/h4-7,9-11,15,17,19-20,23,37H,8,12-14,16H2,1-3H3,(H,29,33)(H,31,35)/b11-7+/t19-,20-,23-,28+/m1/s1. The van der Waals surface area contributed by atoms with Crippen LogP contribution < -0.4 is 10.6 Å². The summed E-state index contributed by atoms with van der Waals surface area (Å²) in [7, 11) is 0. The minimum atomic E-state index is -1.04. The van der Waals surface area contributed by atoms with Crippen molar-refractivity contribution < 1.29 is 19.1 Å². The minimum Gasteiger partial charge on any atom is -0.456 e. The number of fused-ring (bicyclic) bond motifs is 4. The number of allylic oxidation sites excluding steroid dienone is 1. The Bertz CT molecular complexity index is 1250. The first-order valence-electron chi connectivity index (χ1n) is 13.0. The number of thioether (sulfide) groups is 1. The van der Waals surface area contributed by atoms with Gasteiger partial charge in [0.2, 0.25) is 11.8 Å². The number of thiol groups is 1. The summed E-state index contributed by atoms with van der Waals surface area (Å²) in [4.78, 5) is 49.5. The summed E-state index contributed by atoms with van der Waals surface area (Å²) in [5.74, 6) is -0.364. The van der Waals surface area contributed by atoms with Crippen LogP contribution >= 0.6 is 35.7 Å². The molecule has 0 saturated carbocycles. The van der Waals surface area contributed by atoms with E-state index < -0.39 is 23.7 Å². The molecule has 4 atom stereocenters. The Morgan fingerprint density at radius 1 is 1.21 bits per heavy atom. The van der Waals surface area contributed by atoms with Crippen molar-refractivity contribution in [3.05, 3.63) is 64.1 Å². The van der Waals surface area contributed by atoms with Gasteiger partial charge in [-0.15, -0.1) is 23.1 Å². The van der Waals surface area contributed by atoms with Gasteiger partial charge in [0.25, 0.3) is 0 Å². The molecule has 0 saturated heterocycles.